The zero-order valence-electron chi connectivity index (χ0n) is 12.8. The predicted octanol–water partition coefficient (Wildman–Crippen LogP) is 1.37. The quantitative estimate of drug-likeness (QED) is 0.787. The second-order valence-corrected chi connectivity index (χ2v) is 5.50. The van der Waals surface area contributed by atoms with E-state index < -0.39 is 6.10 Å². The van der Waals surface area contributed by atoms with Crippen molar-refractivity contribution in [1.29, 1.82) is 0 Å². The molecule has 0 N–H and O–H groups in total. The number of hydrogen-bond donors (Lipinski definition) is 0. The monoisotopic (exact) mass is 290 g/mol. The van der Waals surface area contributed by atoms with Crippen molar-refractivity contribution in [1.82, 2.24) is 9.80 Å². The molecule has 0 unspecified atom stereocenters. The standard InChI is InChI=1S/C16H22N2O3/c1-12-4-5-15(13(2)10-12)21-14(3)16(20)18-8-6-17(11-19)7-9-18/h4-5,10-11,14H,6-9H2,1-3H3/t14-/m1/s1. The first-order chi connectivity index (χ1) is 10.0. The van der Waals surface area contributed by atoms with Crippen LogP contribution in [-0.2, 0) is 9.59 Å². The molecule has 1 saturated heterocycles. The van der Waals surface area contributed by atoms with Gasteiger partial charge in [0.15, 0.2) is 6.10 Å². The van der Waals surface area contributed by atoms with Crippen molar-refractivity contribution >= 4 is 12.3 Å². The van der Waals surface area contributed by atoms with Gasteiger partial charge >= 0.3 is 0 Å². The summed E-state index contributed by atoms with van der Waals surface area (Å²) in [6.07, 6.45) is 0.311. The van der Waals surface area contributed by atoms with E-state index >= 15 is 0 Å². The minimum absolute atomic E-state index is 0.0273. The van der Waals surface area contributed by atoms with Gasteiger partial charge in [-0.05, 0) is 32.4 Å². The maximum atomic E-state index is 12.4. The van der Waals surface area contributed by atoms with Gasteiger partial charge in [-0.25, -0.2) is 0 Å². The van der Waals surface area contributed by atoms with E-state index in [0.29, 0.717) is 26.2 Å². The highest BCUT2D eigenvalue weighted by atomic mass is 16.5. The minimum atomic E-state index is -0.519. The molecule has 0 aliphatic carbocycles. The van der Waals surface area contributed by atoms with E-state index in [1.165, 1.54) is 5.56 Å². The number of nitrogens with zero attached hydrogens (tertiary/aromatic N) is 2. The highest BCUT2D eigenvalue weighted by Crippen LogP contribution is 2.20. The van der Waals surface area contributed by atoms with Crippen LogP contribution >= 0.6 is 0 Å². The number of hydrogen-bond acceptors (Lipinski definition) is 3. The van der Waals surface area contributed by atoms with Crippen LogP contribution < -0.4 is 4.74 Å². The van der Waals surface area contributed by atoms with Gasteiger partial charge in [0.05, 0.1) is 0 Å². The van der Waals surface area contributed by atoms with Crippen molar-refractivity contribution < 1.29 is 14.3 Å². The number of rotatable bonds is 4. The molecule has 1 aliphatic heterocycles. The summed E-state index contributed by atoms with van der Waals surface area (Å²) in [6, 6.07) is 5.91. The molecule has 5 nitrogen and oxygen atoms in total. The van der Waals surface area contributed by atoms with Gasteiger partial charge in [-0.2, -0.15) is 0 Å². The largest absolute Gasteiger partial charge is 0.481 e. The van der Waals surface area contributed by atoms with Gasteiger partial charge in [-0.3, -0.25) is 9.59 Å². The van der Waals surface area contributed by atoms with E-state index in [-0.39, 0.29) is 5.91 Å². The zero-order valence-corrected chi connectivity index (χ0v) is 12.8. The predicted molar refractivity (Wildman–Crippen MR) is 80.2 cm³/mol. The zero-order chi connectivity index (χ0) is 15.4. The van der Waals surface area contributed by atoms with E-state index in [1.54, 1.807) is 16.7 Å². The summed E-state index contributed by atoms with van der Waals surface area (Å²) in [4.78, 5) is 26.5. The van der Waals surface area contributed by atoms with Crippen molar-refractivity contribution in [2.24, 2.45) is 0 Å². The summed E-state index contributed by atoms with van der Waals surface area (Å²) in [7, 11) is 0. The van der Waals surface area contributed by atoms with Crippen LogP contribution in [0, 0.1) is 13.8 Å². The Morgan fingerprint density at radius 2 is 1.90 bits per heavy atom. The second-order valence-electron chi connectivity index (χ2n) is 5.50. The lowest BCUT2D eigenvalue weighted by atomic mass is 10.1. The van der Waals surface area contributed by atoms with Crippen LogP contribution in [-0.4, -0.2) is 54.4 Å². The first kappa shape index (κ1) is 15.4. The highest BCUT2D eigenvalue weighted by molar-refractivity contribution is 5.81. The average molecular weight is 290 g/mol. The topological polar surface area (TPSA) is 49.9 Å². The van der Waals surface area contributed by atoms with Crippen molar-refractivity contribution in [3.63, 3.8) is 0 Å². The SMILES string of the molecule is Cc1ccc(O[C@H](C)C(=O)N2CCN(C=O)CC2)c(C)c1. The van der Waals surface area contributed by atoms with Gasteiger partial charge in [0, 0.05) is 26.2 Å². The Morgan fingerprint density at radius 3 is 2.48 bits per heavy atom. The first-order valence-corrected chi connectivity index (χ1v) is 7.23. The molecule has 1 heterocycles. The Labute approximate surface area is 125 Å². The summed E-state index contributed by atoms with van der Waals surface area (Å²) in [5.41, 5.74) is 2.20. The third-order valence-corrected chi connectivity index (χ3v) is 3.76. The lowest BCUT2D eigenvalue weighted by Gasteiger charge is -2.34. The van der Waals surface area contributed by atoms with E-state index in [2.05, 4.69) is 0 Å². The summed E-state index contributed by atoms with van der Waals surface area (Å²) >= 11 is 0. The molecule has 0 bridgehead atoms. The third-order valence-electron chi connectivity index (χ3n) is 3.76. The van der Waals surface area contributed by atoms with Crippen molar-refractivity contribution in [3.8, 4) is 5.75 Å². The molecule has 1 aromatic rings. The number of carbonyl (C=O) groups is 2. The number of piperazine rings is 1. The number of ether oxygens (including phenoxy) is 1. The van der Waals surface area contributed by atoms with Crippen LogP contribution in [0.1, 0.15) is 18.1 Å². The molecule has 2 amide bonds. The van der Waals surface area contributed by atoms with Crippen LogP contribution in [0.4, 0.5) is 0 Å². The van der Waals surface area contributed by atoms with Crippen LogP contribution in [0.2, 0.25) is 0 Å². The molecule has 114 valence electrons. The molecule has 0 spiro atoms. The van der Waals surface area contributed by atoms with Gasteiger partial charge in [0.1, 0.15) is 5.75 Å². The van der Waals surface area contributed by atoms with Crippen LogP contribution in [0.25, 0.3) is 0 Å². The summed E-state index contributed by atoms with van der Waals surface area (Å²) in [6.45, 7) is 8.08. The maximum Gasteiger partial charge on any atom is 0.263 e. The van der Waals surface area contributed by atoms with E-state index in [0.717, 1.165) is 17.7 Å². The molecule has 1 fully saturated rings. The van der Waals surface area contributed by atoms with Gasteiger partial charge < -0.3 is 14.5 Å². The first-order valence-electron chi connectivity index (χ1n) is 7.23. The van der Waals surface area contributed by atoms with Crippen molar-refractivity contribution in [2.75, 3.05) is 26.2 Å². The Balaban J connectivity index is 1.95. The fourth-order valence-electron chi connectivity index (χ4n) is 2.48. The molecule has 21 heavy (non-hydrogen) atoms. The Bertz CT molecular complexity index is 522. The van der Waals surface area contributed by atoms with E-state index in [1.807, 2.05) is 32.0 Å². The lowest BCUT2D eigenvalue weighted by Crippen LogP contribution is -2.51. The van der Waals surface area contributed by atoms with Crippen molar-refractivity contribution in [3.05, 3.63) is 29.3 Å². The summed E-state index contributed by atoms with van der Waals surface area (Å²) < 4.78 is 5.79. The third kappa shape index (κ3) is 3.74. The molecule has 0 aromatic heterocycles. The van der Waals surface area contributed by atoms with Gasteiger partial charge in [0.2, 0.25) is 6.41 Å². The number of carbonyl (C=O) groups excluding carboxylic acids is 2. The molecular weight excluding hydrogens is 268 g/mol. The smallest absolute Gasteiger partial charge is 0.263 e. The molecule has 1 aromatic carbocycles. The fraction of sp³-hybridized carbons (Fsp3) is 0.500. The van der Waals surface area contributed by atoms with Crippen LogP contribution in [0.5, 0.6) is 5.75 Å². The molecule has 0 radical (unpaired) electrons. The fourth-order valence-corrected chi connectivity index (χ4v) is 2.48. The van der Waals surface area contributed by atoms with Gasteiger partial charge in [0.25, 0.3) is 5.91 Å². The number of amides is 2. The molecule has 1 aliphatic rings. The second kappa shape index (κ2) is 6.61. The van der Waals surface area contributed by atoms with Crippen LogP contribution in [0.3, 0.4) is 0 Å². The molecule has 2 rings (SSSR count). The van der Waals surface area contributed by atoms with E-state index in [4.69, 9.17) is 4.74 Å². The molecule has 5 heteroatoms. The lowest BCUT2D eigenvalue weighted by molar-refractivity contribution is -0.141. The summed E-state index contributed by atoms with van der Waals surface area (Å²) in [5, 5.41) is 0. The molecular formula is C16H22N2O3. The van der Waals surface area contributed by atoms with E-state index in [9.17, 15) is 9.59 Å². The highest BCUT2D eigenvalue weighted by Gasteiger charge is 2.25. The molecule has 0 saturated carbocycles. The number of aryl methyl sites for hydroxylation is 2. The van der Waals surface area contributed by atoms with Crippen LogP contribution in [0.15, 0.2) is 18.2 Å². The Morgan fingerprint density at radius 1 is 1.24 bits per heavy atom. The average Bonchev–Trinajstić information content (AvgIpc) is 2.49. The Kier molecular flexibility index (Phi) is 4.83. The summed E-state index contributed by atoms with van der Waals surface area (Å²) in [5.74, 6) is 0.716. The van der Waals surface area contributed by atoms with Crippen molar-refractivity contribution in [2.45, 2.75) is 26.9 Å². The molecule has 1 atom stereocenters. The van der Waals surface area contributed by atoms with Gasteiger partial charge in [-0.1, -0.05) is 17.7 Å². The maximum absolute atomic E-state index is 12.4. The Hall–Kier alpha value is -2.04. The number of benzene rings is 1. The van der Waals surface area contributed by atoms with Gasteiger partial charge in [-0.15, -0.1) is 0 Å². The normalized spacial score (nSPS) is 16.5. The minimum Gasteiger partial charge on any atom is -0.481 e.